The largest absolute Gasteiger partial charge is 0.481 e. The summed E-state index contributed by atoms with van der Waals surface area (Å²) in [4.78, 5) is 33.7. The number of hydrogen-bond acceptors (Lipinski definition) is 6. The van der Waals surface area contributed by atoms with Gasteiger partial charge in [0.2, 0.25) is 5.91 Å². The fourth-order valence-corrected chi connectivity index (χ4v) is 6.72. The number of hydrogen-bond donors (Lipinski definition) is 1. The zero-order valence-electron chi connectivity index (χ0n) is 22.4. The van der Waals surface area contributed by atoms with Gasteiger partial charge in [0.25, 0.3) is 0 Å². The predicted molar refractivity (Wildman–Crippen MR) is 160 cm³/mol. The molecule has 3 heterocycles. The Kier molecular flexibility index (Phi) is 6.82. The quantitative estimate of drug-likeness (QED) is 0.277. The molecular weight excluding hydrogens is 546 g/mol. The zero-order chi connectivity index (χ0) is 28.1. The Morgan fingerprint density at radius 3 is 2.55 bits per heavy atom. The molecule has 0 aliphatic carbocycles. The Bertz CT molecular complexity index is 1790. The summed E-state index contributed by atoms with van der Waals surface area (Å²) in [5, 5.41) is 16.7. The lowest BCUT2D eigenvalue weighted by Crippen LogP contribution is -2.50. The van der Waals surface area contributed by atoms with E-state index in [0.29, 0.717) is 23.9 Å². The highest BCUT2D eigenvalue weighted by Gasteiger charge is 2.28. The average Bonchev–Trinajstić information content (AvgIpc) is 3.50. The number of amides is 1. The van der Waals surface area contributed by atoms with Gasteiger partial charge in [-0.15, -0.1) is 11.3 Å². The Morgan fingerprint density at radius 1 is 1.10 bits per heavy atom. The van der Waals surface area contributed by atoms with Crippen molar-refractivity contribution in [3.05, 3.63) is 64.7 Å². The molecular formula is C30H28ClN5O3S. The summed E-state index contributed by atoms with van der Waals surface area (Å²) in [6, 6.07) is 15.5. The van der Waals surface area contributed by atoms with E-state index in [1.54, 1.807) is 4.90 Å². The van der Waals surface area contributed by atoms with Gasteiger partial charge in [0.15, 0.2) is 5.82 Å². The van der Waals surface area contributed by atoms with Crippen LogP contribution in [-0.2, 0) is 23.1 Å². The number of carbonyl (C=O) groups is 2. The minimum absolute atomic E-state index is 0.0486. The third-order valence-corrected chi connectivity index (χ3v) is 8.94. The number of likely N-dealkylation sites (N-methyl/N-ethyl adjacent to an activating group) is 1. The number of aliphatic carboxylic acids is 1. The molecule has 1 saturated heterocycles. The minimum Gasteiger partial charge on any atom is -0.481 e. The van der Waals surface area contributed by atoms with Crippen molar-refractivity contribution >= 4 is 61.8 Å². The number of rotatable bonds is 6. The van der Waals surface area contributed by atoms with E-state index >= 15 is 0 Å². The van der Waals surface area contributed by atoms with Crippen LogP contribution in [0.4, 0.5) is 5.82 Å². The molecule has 0 spiro atoms. The van der Waals surface area contributed by atoms with Gasteiger partial charge in [-0.2, -0.15) is 5.10 Å². The van der Waals surface area contributed by atoms with Crippen molar-refractivity contribution in [1.82, 2.24) is 19.7 Å². The fraction of sp³-hybridized carbons (Fsp3) is 0.267. The summed E-state index contributed by atoms with van der Waals surface area (Å²) in [5.74, 6) is -0.165. The third-order valence-electron chi connectivity index (χ3n) is 7.55. The third kappa shape index (κ3) is 4.64. The number of aryl methyl sites for hydroxylation is 2. The zero-order valence-corrected chi connectivity index (χ0v) is 24.0. The normalized spacial score (nSPS) is 14.5. The summed E-state index contributed by atoms with van der Waals surface area (Å²) in [7, 11) is 1.89. The number of carboxylic acid groups (broad SMARTS) is 1. The van der Waals surface area contributed by atoms with Gasteiger partial charge in [-0.05, 0) is 66.6 Å². The van der Waals surface area contributed by atoms with E-state index in [2.05, 4.69) is 17.9 Å². The number of carboxylic acids is 1. The van der Waals surface area contributed by atoms with Gasteiger partial charge >= 0.3 is 5.97 Å². The first-order chi connectivity index (χ1) is 19.2. The molecule has 1 fully saturated rings. The predicted octanol–water partition coefficient (Wildman–Crippen LogP) is 5.77. The van der Waals surface area contributed by atoms with Crippen LogP contribution < -0.4 is 4.90 Å². The highest BCUT2D eigenvalue weighted by molar-refractivity contribution is 7.22. The van der Waals surface area contributed by atoms with Crippen LogP contribution in [0.5, 0.6) is 0 Å². The first-order valence-electron chi connectivity index (χ1n) is 13.1. The molecule has 1 aliphatic heterocycles. The maximum Gasteiger partial charge on any atom is 0.307 e. The standard InChI is InChI=1S/C30H28ClN5O3S/c1-4-35-11-12-36(25(37)16-35)29-22-14-19(7-10-24(22)34(3)33-29)30-32-23-13-17(2)21(15-26(38)39)27(28(23)40-30)18-5-8-20(31)9-6-18/h5-10,13-14H,4,11-12,15-16H2,1-3H3,(H,38,39). The summed E-state index contributed by atoms with van der Waals surface area (Å²) < 4.78 is 2.74. The van der Waals surface area contributed by atoms with Gasteiger partial charge in [-0.3, -0.25) is 24.1 Å². The van der Waals surface area contributed by atoms with E-state index in [0.717, 1.165) is 67.0 Å². The maximum atomic E-state index is 13.0. The first-order valence-corrected chi connectivity index (χ1v) is 14.3. The van der Waals surface area contributed by atoms with E-state index < -0.39 is 5.97 Å². The second kappa shape index (κ2) is 10.3. The van der Waals surface area contributed by atoms with E-state index in [4.69, 9.17) is 21.7 Å². The van der Waals surface area contributed by atoms with Crippen molar-refractivity contribution in [2.24, 2.45) is 7.05 Å². The number of carbonyl (C=O) groups excluding carboxylic acids is 1. The molecule has 2 aromatic heterocycles. The molecule has 5 aromatic rings. The summed E-state index contributed by atoms with van der Waals surface area (Å²) in [5.41, 5.74) is 6.10. The Labute approximate surface area is 240 Å². The number of thiazole rings is 1. The lowest BCUT2D eigenvalue weighted by atomic mass is 9.93. The van der Waals surface area contributed by atoms with Crippen LogP contribution in [0.3, 0.4) is 0 Å². The van der Waals surface area contributed by atoms with Gasteiger partial charge in [-0.25, -0.2) is 4.98 Å². The molecule has 1 aliphatic rings. The summed E-state index contributed by atoms with van der Waals surface area (Å²) >= 11 is 7.70. The number of benzene rings is 3. The van der Waals surface area contributed by atoms with Crippen molar-refractivity contribution < 1.29 is 14.7 Å². The van der Waals surface area contributed by atoms with Crippen LogP contribution in [0, 0.1) is 6.92 Å². The van der Waals surface area contributed by atoms with Crippen molar-refractivity contribution in [3.63, 3.8) is 0 Å². The molecule has 0 radical (unpaired) electrons. The SMILES string of the molecule is CCN1CCN(c2nn(C)c3ccc(-c4nc5cc(C)c(CC(=O)O)c(-c6ccc(Cl)cc6)c5s4)cc23)C(=O)C1. The number of halogens is 1. The molecule has 0 saturated carbocycles. The van der Waals surface area contributed by atoms with E-state index in [1.807, 2.05) is 61.1 Å². The topological polar surface area (TPSA) is 91.6 Å². The number of anilines is 1. The van der Waals surface area contributed by atoms with Gasteiger partial charge in [0, 0.05) is 41.7 Å². The first kappa shape index (κ1) is 26.4. The van der Waals surface area contributed by atoms with Gasteiger partial charge in [-0.1, -0.05) is 30.7 Å². The highest BCUT2D eigenvalue weighted by atomic mass is 35.5. The molecule has 1 amide bonds. The van der Waals surface area contributed by atoms with Gasteiger partial charge in [0.05, 0.1) is 28.7 Å². The van der Waals surface area contributed by atoms with Crippen LogP contribution in [0.2, 0.25) is 5.02 Å². The van der Waals surface area contributed by atoms with Crippen molar-refractivity contribution in [2.45, 2.75) is 20.3 Å². The molecule has 1 N–H and O–H groups in total. The van der Waals surface area contributed by atoms with Crippen LogP contribution in [0.1, 0.15) is 18.1 Å². The average molecular weight is 574 g/mol. The molecule has 204 valence electrons. The molecule has 0 unspecified atom stereocenters. The number of aromatic nitrogens is 3. The van der Waals surface area contributed by atoms with Crippen LogP contribution >= 0.6 is 22.9 Å². The van der Waals surface area contributed by atoms with Gasteiger partial charge < -0.3 is 5.11 Å². The van der Waals surface area contributed by atoms with Crippen LogP contribution in [0.25, 0.3) is 42.8 Å². The monoisotopic (exact) mass is 573 g/mol. The second-order valence-corrected chi connectivity index (χ2v) is 11.5. The molecule has 8 nitrogen and oxygen atoms in total. The number of piperazine rings is 1. The molecule has 3 aromatic carbocycles. The maximum absolute atomic E-state index is 13.0. The van der Waals surface area contributed by atoms with Gasteiger partial charge in [0.1, 0.15) is 5.01 Å². The molecule has 6 rings (SSSR count). The fourth-order valence-electron chi connectivity index (χ4n) is 5.45. The van der Waals surface area contributed by atoms with Crippen LogP contribution in [-0.4, -0.2) is 62.8 Å². The number of nitrogens with zero attached hydrogens (tertiary/aromatic N) is 5. The van der Waals surface area contributed by atoms with Crippen molar-refractivity contribution in [3.8, 4) is 21.7 Å². The highest BCUT2D eigenvalue weighted by Crippen LogP contribution is 2.42. The summed E-state index contributed by atoms with van der Waals surface area (Å²) in [6.07, 6.45) is -0.0860. The molecule has 40 heavy (non-hydrogen) atoms. The Morgan fingerprint density at radius 2 is 1.85 bits per heavy atom. The lowest BCUT2D eigenvalue weighted by Gasteiger charge is -2.32. The smallest absolute Gasteiger partial charge is 0.307 e. The molecule has 10 heteroatoms. The van der Waals surface area contributed by atoms with E-state index in [-0.39, 0.29) is 12.3 Å². The molecule has 0 atom stereocenters. The van der Waals surface area contributed by atoms with Crippen LogP contribution in [0.15, 0.2) is 48.5 Å². The lowest BCUT2D eigenvalue weighted by molar-refractivity contribution is -0.136. The summed E-state index contributed by atoms with van der Waals surface area (Å²) in [6.45, 7) is 6.63. The van der Waals surface area contributed by atoms with E-state index in [1.165, 1.54) is 11.3 Å². The molecule has 0 bridgehead atoms. The van der Waals surface area contributed by atoms with Crippen molar-refractivity contribution in [2.75, 3.05) is 31.1 Å². The Balaban J connectivity index is 1.49. The van der Waals surface area contributed by atoms with E-state index in [9.17, 15) is 14.7 Å². The Hall–Kier alpha value is -3.79. The second-order valence-electron chi connectivity index (χ2n) is 10.1. The number of fused-ring (bicyclic) bond motifs is 2. The van der Waals surface area contributed by atoms with Crippen molar-refractivity contribution in [1.29, 1.82) is 0 Å². The minimum atomic E-state index is -0.883.